The van der Waals surface area contributed by atoms with Crippen LogP contribution in [0.15, 0.2) is 47.3 Å². The van der Waals surface area contributed by atoms with Gasteiger partial charge in [-0.15, -0.1) is 0 Å². The molecule has 2 aliphatic heterocycles. The zero-order valence-electron chi connectivity index (χ0n) is 17.2. The number of fused-ring (bicyclic) bond motifs is 2. The molecule has 166 valence electrons. The van der Waals surface area contributed by atoms with Crippen molar-refractivity contribution < 1.29 is 14.3 Å². The molecule has 5 rings (SSSR count). The number of carbonyl (C=O) groups is 2. The minimum Gasteiger partial charge on any atom is -0.445 e. The quantitative estimate of drug-likeness (QED) is 0.526. The van der Waals surface area contributed by atoms with E-state index in [4.69, 9.17) is 16.3 Å². The molecular formula is C22H21BrClN5O3. The third-order valence-electron chi connectivity index (χ3n) is 6.11. The summed E-state index contributed by atoms with van der Waals surface area (Å²) in [5.41, 5.74) is 1.64. The highest BCUT2D eigenvalue weighted by atomic mass is 79.9. The number of ether oxygens (including phenoxy) is 1. The normalized spacial score (nSPS) is 21.0. The maximum Gasteiger partial charge on any atom is 0.410 e. The first-order valence-corrected chi connectivity index (χ1v) is 11.6. The Hall–Kier alpha value is -2.65. The zero-order chi connectivity index (χ0) is 22.2. The molecule has 4 heterocycles. The molecule has 0 spiro atoms. The van der Waals surface area contributed by atoms with Crippen molar-refractivity contribution in [3.8, 4) is 0 Å². The minimum atomic E-state index is -0.450. The van der Waals surface area contributed by atoms with E-state index in [9.17, 15) is 9.59 Å². The second-order valence-corrected chi connectivity index (χ2v) is 9.20. The van der Waals surface area contributed by atoms with E-state index >= 15 is 0 Å². The van der Waals surface area contributed by atoms with Gasteiger partial charge in [0.15, 0.2) is 5.15 Å². The van der Waals surface area contributed by atoms with Crippen LogP contribution in [0, 0.1) is 0 Å². The fourth-order valence-electron chi connectivity index (χ4n) is 4.53. The first kappa shape index (κ1) is 21.2. The Morgan fingerprint density at radius 3 is 2.84 bits per heavy atom. The topological polar surface area (TPSA) is 80.0 Å². The third kappa shape index (κ3) is 3.95. The Kier molecular flexibility index (Phi) is 5.77. The zero-order valence-corrected chi connectivity index (χ0v) is 19.5. The van der Waals surface area contributed by atoms with Gasteiger partial charge in [0.1, 0.15) is 29.1 Å². The van der Waals surface area contributed by atoms with Gasteiger partial charge < -0.3 is 9.64 Å². The molecule has 2 amide bonds. The van der Waals surface area contributed by atoms with Gasteiger partial charge in [-0.3, -0.25) is 14.1 Å². The van der Waals surface area contributed by atoms with E-state index in [-0.39, 0.29) is 31.0 Å². The number of aromatic nitrogens is 3. The number of hydrogen-bond donors (Lipinski definition) is 0. The maximum atomic E-state index is 12.9. The number of benzene rings is 1. The molecule has 1 aromatic carbocycles. The van der Waals surface area contributed by atoms with Crippen LogP contribution in [0.1, 0.15) is 30.1 Å². The summed E-state index contributed by atoms with van der Waals surface area (Å²) in [6, 6.07) is 9.50. The average Bonchev–Trinajstić information content (AvgIpc) is 3.15. The number of piperidine rings is 1. The average molecular weight is 519 g/mol. The molecule has 0 saturated carbocycles. The Balaban J connectivity index is 1.26. The Labute approximate surface area is 198 Å². The van der Waals surface area contributed by atoms with Crippen molar-refractivity contribution in [1.29, 1.82) is 0 Å². The van der Waals surface area contributed by atoms with Crippen LogP contribution in [0.5, 0.6) is 0 Å². The van der Waals surface area contributed by atoms with E-state index in [1.807, 2.05) is 45.8 Å². The molecule has 0 aliphatic carbocycles. The lowest BCUT2D eigenvalue weighted by molar-refractivity contribution is -0.141. The van der Waals surface area contributed by atoms with Crippen LogP contribution in [0.4, 0.5) is 4.79 Å². The molecule has 2 aromatic heterocycles. The predicted octanol–water partition coefficient (Wildman–Crippen LogP) is 3.87. The van der Waals surface area contributed by atoms with Gasteiger partial charge in [0.2, 0.25) is 5.91 Å². The monoisotopic (exact) mass is 517 g/mol. The summed E-state index contributed by atoms with van der Waals surface area (Å²) in [5.74, 6) is 0.860. The molecule has 8 nitrogen and oxygen atoms in total. The van der Waals surface area contributed by atoms with Crippen LogP contribution < -0.4 is 0 Å². The summed E-state index contributed by atoms with van der Waals surface area (Å²) in [6.45, 7) is 1.26. The molecule has 2 atom stereocenters. The molecule has 3 aromatic rings. The van der Waals surface area contributed by atoms with E-state index in [2.05, 4.69) is 25.9 Å². The fraction of sp³-hybridized carbons (Fsp3) is 0.364. The summed E-state index contributed by atoms with van der Waals surface area (Å²) in [7, 11) is 0. The lowest BCUT2D eigenvalue weighted by atomic mass is 9.90. The van der Waals surface area contributed by atoms with Crippen molar-refractivity contribution in [3.63, 3.8) is 0 Å². The van der Waals surface area contributed by atoms with Crippen LogP contribution >= 0.6 is 27.5 Å². The fourth-order valence-corrected chi connectivity index (χ4v) is 5.44. The number of halogens is 2. The van der Waals surface area contributed by atoms with E-state index in [1.165, 1.54) is 4.90 Å². The van der Waals surface area contributed by atoms with Crippen molar-refractivity contribution in [2.24, 2.45) is 0 Å². The van der Waals surface area contributed by atoms with E-state index in [0.717, 1.165) is 29.7 Å². The Morgan fingerprint density at radius 2 is 2.03 bits per heavy atom. The standard InChI is InChI=1S/C22H21BrClN5O3/c23-19-18-20(24)25-8-9-28(18)21(26-19)15-6-7-16-11-27(12-17(30)29(16)10-15)22(31)32-13-14-4-2-1-3-5-14/h1-5,8-9,15-16H,6-7,10-13H2/t15-,16-/m0/s1. The van der Waals surface area contributed by atoms with Crippen LogP contribution in [0.25, 0.3) is 5.52 Å². The molecule has 0 radical (unpaired) electrons. The van der Waals surface area contributed by atoms with Crippen molar-refractivity contribution >= 4 is 45.0 Å². The highest BCUT2D eigenvalue weighted by Crippen LogP contribution is 2.35. The van der Waals surface area contributed by atoms with E-state index in [1.54, 1.807) is 6.20 Å². The van der Waals surface area contributed by atoms with Crippen LogP contribution in [-0.4, -0.2) is 61.8 Å². The van der Waals surface area contributed by atoms with Crippen molar-refractivity contribution in [2.45, 2.75) is 31.4 Å². The number of hydrogen-bond acceptors (Lipinski definition) is 5. The largest absolute Gasteiger partial charge is 0.445 e. The van der Waals surface area contributed by atoms with Gasteiger partial charge in [-0.1, -0.05) is 41.9 Å². The molecule has 2 fully saturated rings. The molecule has 10 heteroatoms. The number of carbonyl (C=O) groups excluding carboxylic acids is 2. The predicted molar refractivity (Wildman–Crippen MR) is 121 cm³/mol. The summed E-state index contributed by atoms with van der Waals surface area (Å²) in [6.07, 6.45) is 4.66. The number of piperazine rings is 1. The van der Waals surface area contributed by atoms with Gasteiger partial charge in [0.05, 0.1) is 0 Å². The molecule has 32 heavy (non-hydrogen) atoms. The first-order valence-electron chi connectivity index (χ1n) is 10.4. The molecule has 2 aliphatic rings. The highest BCUT2D eigenvalue weighted by molar-refractivity contribution is 9.10. The maximum absolute atomic E-state index is 12.9. The molecule has 0 N–H and O–H groups in total. The minimum absolute atomic E-state index is 0.0169. The van der Waals surface area contributed by atoms with Crippen molar-refractivity contribution in [2.75, 3.05) is 19.6 Å². The Bertz CT molecular complexity index is 1170. The second kappa shape index (κ2) is 8.71. The van der Waals surface area contributed by atoms with Crippen molar-refractivity contribution in [1.82, 2.24) is 24.2 Å². The highest BCUT2D eigenvalue weighted by Gasteiger charge is 2.40. The lowest BCUT2D eigenvalue weighted by Crippen LogP contribution is -2.60. The Morgan fingerprint density at radius 1 is 1.22 bits per heavy atom. The van der Waals surface area contributed by atoms with Crippen LogP contribution in [0.3, 0.4) is 0 Å². The summed E-state index contributed by atoms with van der Waals surface area (Å²) >= 11 is 9.72. The number of imidazole rings is 1. The number of amides is 2. The van der Waals surface area contributed by atoms with Gasteiger partial charge in [0.25, 0.3) is 0 Å². The number of rotatable bonds is 3. The summed E-state index contributed by atoms with van der Waals surface area (Å²) < 4.78 is 8.01. The van der Waals surface area contributed by atoms with Crippen LogP contribution in [0.2, 0.25) is 5.15 Å². The molecule has 0 unspecified atom stereocenters. The lowest BCUT2D eigenvalue weighted by Gasteiger charge is -2.45. The van der Waals surface area contributed by atoms with Gasteiger partial charge in [-0.25, -0.2) is 14.8 Å². The molecular weight excluding hydrogens is 498 g/mol. The molecule has 0 bridgehead atoms. The van der Waals surface area contributed by atoms with Crippen LogP contribution in [-0.2, 0) is 16.1 Å². The number of nitrogens with zero attached hydrogens (tertiary/aromatic N) is 5. The van der Waals surface area contributed by atoms with Gasteiger partial charge >= 0.3 is 6.09 Å². The van der Waals surface area contributed by atoms with E-state index in [0.29, 0.717) is 22.8 Å². The summed E-state index contributed by atoms with van der Waals surface area (Å²) in [5, 5.41) is 0.380. The second-order valence-electron chi connectivity index (χ2n) is 8.09. The molecule has 2 saturated heterocycles. The van der Waals surface area contributed by atoms with Gasteiger partial charge in [-0.2, -0.15) is 0 Å². The van der Waals surface area contributed by atoms with E-state index < -0.39 is 6.09 Å². The van der Waals surface area contributed by atoms with Gasteiger partial charge in [0, 0.05) is 37.4 Å². The SMILES string of the molecule is O=C(OCc1ccccc1)N1CC(=O)N2C[C@@H](c3nc(Br)c4c(Cl)nccn34)CC[C@H]2C1. The summed E-state index contributed by atoms with van der Waals surface area (Å²) in [4.78, 5) is 37.7. The van der Waals surface area contributed by atoms with Crippen molar-refractivity contribution in [3.05, 3.63) is 63.9 Å². The third-order valence-corrected chi connectivity index (χ3v) is 6.94. The van der Waals surface area contributed by atoms with Gasteiger partial charge in [-0.05, 0) is 34.3 Å². The smallest absolute Gasteiger partial charge is 0.410 e. The first-order chi connectivity index (χ1) is 15.5.